The third-order valence-corrected chi connectivity index (χ3v) is 8.10. The lowest BCUT2D eigenvalue weighted by molar-refractivity contribution is 0.0784. The summed E-state index contributed by atoms with van der Waals surface area (Å²) in [7, 11) is -3.42. The fourth-order valence-electron chi connectivity index (χ4n) is 3.75. The Bertz CT molecular complexity index is 956. The number of hydrogen-bond donors (Lipinski definition) is 0. The van der Waals surface area contributed by atoms with Gasteiger partial charge in [-0.2, -0.15) is 4.31 Å². The second kappa shape index (κ2) is 6.40. The van der Waals surface area contributed by atoms with Gasteiger partial charge in [-0.15, -0.1) is 11.3 Å². The normalized spacial score (nSPS) is 24.8. The number of hydrogen-bond acceptors (Lipinski definition) is 6. The maximum absolute atomic E-state index is 12.9. The molecule has 0 aliphatic carbocycles. The molecule has 0 radical (unpaired) electrons. The van der Waals surface area contributed by atoms with E-state index >= 15 is 0 Å². The van der Waals surface area contributed by atoms with Crippen molar-refractivity contribution in [2.24, 2.45) is 5.92 Å². The van der Waals surface area contributed by atoms with E-state index in [4.69, 9.17) is 0 Å². The van der Waals surface area contributed by atoms with E-state index in [0.717, 1.165) is 16.3 Å². The van der Waals surface area contributed by atoms with E-state index in [9.17, 15) is 13.2 Å². The molecule has 0 spiro atoms. The smallest absolute Gasteiger partial charge is 0.255 e. The lowest BCUT2D eigenvalue weighted by atomic mass is 10.1. The first-order valence-corrected chi connectivity index (χ1v) is 10.8. The molecule has 2 aliphatic rings. The van der Waals surface area contributed by atoms with Gasteiger partial charge in [0.2, 0.25) is 10.0 Å². The Morgan fingerprint density at radius 1 is 1.27 bits per heavy atom. The highest BCUT2D eigenvalue weighted by molar-refractivity contribution is 7.90. The van der Waals surface area contributed by atoms with E-state index in [1.165, 1.54) is 21.8 Å². The number of thiazole rings is 1. The van der Waals surface area contributed by atoms with Crippen LogP contribution >= 0.6 is 11.3 Å². The van der Waals surface area contributed by atoms with Gasteiger partial charge in [0, 0.05) is 43.3 Å². The van der Waals surface area contributed by atoms with E-state index in [-0.39, 0.29) is 18.4 Å². The molecule has 138 valence electrons. The fourth-order valence-corrected chi connectivity index (χ4v) is 6.47. The SMILES string of the molecule is Cc1cncc(C(=O)N2C[C@H]3CN(Cc4csc(C)n4)S(=O)(=O)[C@H]3C2)c1. The van der Waals surface area contributed by atoms with Crippen LogP contribution in [0, 0.1) is 19.8 Å². The number of carbonyl (C=O) groups is 1. The second-order valence-electron chi connectivity index (χ2n) is 6.95. The van der Waals surface area contributed by atoms with Gasteiger partial charge in [-0.25, -0.2) is 13.4 Å². The summed E-state index contributed by atoms with van der Waals surface area (Å²) >= 11 is 1.52. The molecule has 4 rings (SSSR count). The molecule has 2 aliphatic heterocycles. The Morgan fingerprint density at radius 2 is 2.08 bits per heavy atom. The van der Waals surface area contributed by atoms with Crippen molar-refractivity contribution in [3.05, 3.63) is 45.7 Å². The van der Waals surface area contributed by atoms with Crippen LogP contribution in [0.15, 0.2) is 23.8 Å². The predicted molar refractivity (Wildman–Crippen MR) is 98.3 cm³/mol. The van der Waals surface area contributed by atoms with Crippen molar-refractivity contribution in [1.29, 1.82) is 0 Å². The minimum Gasteiger partial charge on any atom is -0.337 e. The zero-order chi connectivity index (χ0) is 18.5. The summed E-state index contributed by atoms with van der Waals surface area (Å²) in [5.41, 5.74) is 2.21. The van der Waals surface area contributed by atoms with Crippen LogP contribution in [0.4, 0.5) is 0 Å². The van der Waals surface area contributed by atoms with Gasteiger partial charge in [-0.05, 0) is 25.5 Å². The molecule has 26 heavy (non-hydrogen) atoms. The Labute approximate surface area is 156 Å². The highest BCUT2D eigenvalue weighted by Gasteiger charge is 2.52. The van der Waals surface area contributed by atoms with Crippen LogP contribution < -0.4 is 0 Å². The summed E-state index contributed by atoms with van der Waals surface area (Å²) in [4.78, 5) is 22.8. The first-order valence-electron chi connectivity index (χ1n) is 8.45. The maximum Gasteiger partial charge on any atom is 0.255 e. The van der Waals surface area contributed by atoms with Gasteiger partial charge in [-0.3, -0.25) is 9.78 Å². The number of rotatable bonds is 3. The fraction of sp³-hybridized carbons (Fsp3) is 0.471. The average Bonchev–Trinajstić information content (AvgIpc) is 3.25. The van der Waals surface area contributed by atoms with Crippen LogP contribution in [0.2, 0.25) is 0 Å². The summed E-state index contributed by atoms with van der Waals surface area (Å²) in [5, 5.41) is 2.31. The molecule has 0 unspecified atom stereocenters. The topological polar surface area (TPSA) is 83.5 Å². The summed E-state index contributed by atoms with van der Waals surface area (Å²) in [6.07, 6.45) is 3.23. The van der Waals surface area contributed by atoms with Crippen LogP contribution in [0.5, 0.6) is 0 Å². The second-order valence-corrected chi connectivity index (χ2v) is 10.2. The number of nitrogens with zero attached hydrogens (tertiary/aromatic N) is 4. The molecule has 2 atom stereocenters. The third kappa shape index (κ3) is 3.04. The number of fused-ring (bicyclic) bond motifs is 1. The number of aromatic nitrogens is 2. The first kappa shape index (κ1) is 17.6. The molecular weight excluding hydrogens is 372 g/mol. The maximum atomic E-state index is 12.9. The number of pyridine rings is 1. The van der Waals surface area contributed by atoms with E-state index in [1.807, 2.05) is 19.2 Å². The van der Waals surface area contributed by atoms with Gasteiger partial charge in [0.05, 0.1) is 28.1 Å². The number of carbonyl (C=O) groups excluding carboxylic acids is 1. The summed E-state index contributed by atoms with van der Waals surface area (Å²) < 4.78 is 27.3. The summed E-state index contributed by atoms with van der Waals surface area (Å²) in [6.45, 7) is 5.25. The van der Waals surface area contributed by atoms with Gasteiger partial charge in [-0.1, -0.05) is 0 Å². The van der Waals surface area contributed by atoms with E-state index in [0.29, 0.717) is 25.2 Å². The quantitative estimate of drug-likeness (QED) is 0.789. The van der Waals surface area contributed by atoms with Crippen molar-refractivity contribution in [2.45, 2.75) is 25.6 Å². The molecule has 0 bridgehead atoms. The predicted octanol–water partition coefficient (Wildman–Crippen LogP) is 1.44. The van der Waals surface area contributed by atoms with Crippen LogP contribution in [0.1, 0.15) is 26.6 Å². The summed E-state index contributed by atoms with van der Waals surface area (Å²) in [5.74, 6) is -0.200. The molecule has 9 heteroatoms. The van der Waals surface area contributed by atoms with Gasteiger partial charge in [0.1, 0.15) is 0 Å². The summed E-state index contributed by atoms with van der Waals surface area (Å²) in [6, 6.07) is 1.79. The van der Waals surface area contributed by atoms with Crippen molar-refractivity contribution in [2.75, 3.05) is 19.6 Å². The number of likely N-dealkylation sites (tertiary alicyclic amines) is 1. The molecule has 0 saturated carbocycles. The molecule has 2 aromatic heterocycles. The molecule has 0 aromatic carbocycles. The lowest BCUT2D eigenvalue weighted by Crippen LogP contribution is -2.36. The monoisotopic (exact) mass is 392 g/mol. The molecule has 7 nitrogen and oxygen atoms in total. The standard InChI is InChI=1S/C17H20N4O3S2/c1-11-3-13(5-18-4-11)17(22)20-6-14-7-21(26(23,24)16(14)9-20)8-15-10-25-12(2)19-15/h3-5,10,14,16H,6-9H2,1-2H3/t14-,16-/m0/s1. The highest BCUT2D eigenvalue weighted by atomic mass is 32.2. The van der Waals surface area contributed by atoms with Crippen LogP contribution in [0.3, 0.4) is 0 Å². The Balaban J connectivity index is 1.49. The Hall–Kier alpha value is -1.84. The minimum absolute atomic E-state index is 0.0542. The van der Waals surface area contributed by atoms with Crippen LogP contribution in [-0.2, 0) is 16.6 Å². The van der Waals surface area contributed by atoms with Crippen molar-refractivity contribution < 1.29 is 13.2 Å². The van der Waals surface area contributed by atoms with Crippen LogP contribution in [0.25, 0.3) is 0 Å². The third-order valence-electron chi connectivity index (χ3n) is 4.98. The molecular formula is C17H20N4O3S2. The van der Waals surface area contributed by atoms with Crippen molar-refractivity contribution in [3.63, 3.8) is 0 Å². The van der Waals surface area contributed by atoms with Crippen molar-refractivity contribution in [3.8, 4) is 0 Å². The van der Waals surface area contributed by atoms with E-state index < -0.39 is 15.3 Å². The lowest BCUT2D eigenvalue weighted by Gasteiger charge is -2.21. The number of sulfonamides is 1. The number of amides is 1. The molecule has 2 fully saturated rings. The van der Waals surface area contributed by atoms with Gasteiger partial charge in [0.15, 0.2) is 0 Å². The number of aryl methyl sites for hydroxylation is 2. The Kier molecular flexibility index (Phi) is 4.32. The van der Waals surface area contributed by atoms with Gasteiger partial charge >= 0.3 is 0 Å². The molecule has 2 saturated heterocycles. The molecule has 1 amide bonds. The molecule has 4 heterocycles. The molecule has 0 N–H and O–H groups in total. The highest BCUT2D eigenvalue weighted by Crippen LogP contribution is 2.35. The van der Waals surface area contributed by atoms with Crippen molar-refractivity contribution in [1.82, 2.24) is 19.2 Å². The zero-order valence-electron chi connectivity index (χ0n) is 14.6. The first-order chi connectivity index (χ1) is 12.3. The zero-order valence-corrected chi connectivity index (χ0v) is 16.3. The van der Waals surface area contributed by atoms with Gasteiger partial charge < -0.3 is 4.90 Å². The Morgan fingerprint density at radius 3 is 2.73 bits per heavy atom. The van der Waals surface area contributed by atoms with Crippen molar-refractivity contribution >= 4 is 27.3 Å². The minimum atomic E-state index is -3.42. The molecule has 2 aromatic rings. The largest absolute Gasteiger partial charge is 0.337 e. The average molecular weight is 393 g/mol. The van der Waals surface area contributed by atoms with Gasteiger partial charge in [0.25, 0.3) is 5.91 Å². The van der Waals surface area contributed by atoms with Crippen LogP contribution in [-0.4, -0.2) is 58.4 Å². The van der Waals surface area contributed by atoms with E-state index in [1.54, 1.807) is 17.2 Å². The van der Waals surface area contributed by atoms with E-state index in [2.05, 4.69) is 9.97 Å².